The Labute approximate surface area is 177 Å². The molecule has 1 atom stereocenters. The van der Waals surface area contributed by atoms with Gasteiger partial charge >= 0.3 is 6.18 Å². The van der Waals surface area contributed by atoms with Crippen LogP contribution in [0.4, 0.5) is 13.2 Å². The summed E-state index contributed by atoms with van der Waals surface area (Å²) in [5.74, 6) is -1.05. The molecule has 0 aliphatic rings. The topological polar surface area (TPSA) is 84.2 Å². The van der Waals surface area contributed by atoms with Crippen LogP contribution in [0.1, 0.15) is 15.2 Å². The van der Waals surface area contributed by atoms with E-state index < -0.39 is 35.9 Å². The monoisotopic (exact) mass is 457 g/mol. The van der Waals surface area contributed by atoms with Gasteiger partial charge in [-0.05, 0) is 31.2 Å². The summed E-state index contributed by atoms with van der Waals surface area (Å²) in [4.78, 5) is 26.2. The molecule has 30 heavy (non-hydrogen) atoms. The third-order valence-electron chi connectivity index (χ3n) is 4.09. The predicted octanol–water partition coefficient (Wildman–Crippen LogP) is 3.58. The highest BCUT2D eigenvalue weighted by Gasteiger charge is 2.38. The van der Waals surface area contributed by atoms with Crippen LogP contribution in [0.3, 0.4) is 0 Å². The van der Waals surface area contributed by atoms with Gasteiger partial charge in [0.25, 0.3) is 11.5 Å². The lowest BCUT2D eigenvalue weighted by Gasteiger charge is -2.15. The van der Waals surface area contributed by atoms with Crippen molar-refractivity contribution in [3.8, 4) is 16.9 Å². The number of benzene rings is 1. The minimum atomic E-state index is -4.89. The number of rotatable bonds is 5. The molecule has 2 N–H and O–H groups in total. The SMILES string of the molecule is Cc1cc(-n2nc(-c3ccc(Cl)cc3)cc(C(=O)NC[C@H](O)C(F)(F)F)c2=O)cs1. The molecule has 0 bridgehead atoms. The Morgan fingerprint density at radius 1 is 1.30 bits per heavy atom. The zero-order chi connectivity index (χ0) is 22.1. The highest BCUT2D eigenvalue weighted by Crippen LogP contribution is 2.22. The first kappa shape index (κ1) is 22.0. The molecule has 6 nitrogen and oxygen atoms in total. The second-order valence-corrected chi connectivity index (χ2v) is 7.90. The van der Waals surface area contributed by atoms with Crippen LogP contribution < -0.4 is 10.9 Å². The average Bonchev–Trinajstić information content (AvgIpc) is 3.12. The largest absolute Gasteiger partial charge is 0.416 e. The van der Waals surface area contributed by atoms with Gasteiger partial charge < -0.3 is 10.4 Å². The van der Waals surface area contributed by atoms with Crippen LogP contribution in [0.2, 0.25) is 5.02 Å². The van der Waals surface area contributed by atoms with E-state index in [1.807, 2.05) is 12.2 Å². The predicted molar refractivity (Wildman–Crippen MR) is 107 cm³/mol. The number of alkyl halides is 3. The van der Waals surface area contributed by atoms with Gasteiger partial charge in [0.05, 0.1) is 17.9 Å². The fourth-order valence-corrected chi connectivity index (χ4v) is 3.32. The third kappa shape index (κ3) is 4.89. The second kappa shape index (κ2) is 8.58. The van der Waals surface area contributed by atoms with Crippen LogP contribution >= 0.6 is 22.9 Å². The van der Waals surface area contributed by atoms with Gasteiger partial charge in [0.15, 0.2) is 6.10 Å². The number of hydrogen-bond acceptors (Lipinski definition) is 5. The normalized spacial score (nSPS) is 12.6. The summed E-state index contributed by atoms with van der Waals surface area (Å²) < 4.78 is 38.5. The Bertz CT molecular complexity index is 1130. The quantitative estimate of drug-likeness (QED) is 0.613. The lowest BCUT2D eigenvalue weighted by atomic mass is 10.1. The number of nitrogens with one attached hydrogen (secondary N) is 1. The molecule has 2 aromatic heterocycles. The molecule has 0 radical (unpaired) electrons. The number of aromatic nitrogens is 2. The zero-order valence-corrected chi connectivity index (χ0v) is 17.0. The molecule has 2 heterocycles. The Morgan fingerprint density at radius 2 is 1.97 bits per heavy atom. The molecule has 0 fully saturated rings. The molecular weight excluding hydrogens is 443 g/mol. The maximum Gasteiger partial charge on any atom is 0.416 e. The fraction of sp³-hybridized carbons (Fsp3) is 0.211. The summed E-state index contributed by atoms with van der Waals surface area (Å²) in [7, 11) is 0. The number of hydrogen-bond donors (Lipinski definition) is 2. The van der Waals surface area contributed by atoms with Crippen molar-refractivity contribution in [1.82, 2.24) is 15.1 Å². The molecular formula is C19H15ClF3N3O3S. The van der Waals surface area contributed by atoms with E-state index in [-0.39, 0.29) is 5.69 Å². The van der Waals surface area contributed by atoms with Gasteiger partial charge in [0.2, 0.25) is 0 Å². The number of carbonyl (C=O) groups excluding carboxylic acids is 1. The number of nitrogens with zero attached hydrogens (tertiary/aromatic N) is 2. The van der Waals surface area contributed by atoms with Crippen molar-refractivity contribution < 1.29 is 23.1 Å². The van der Waals surface area contributed by atoms with Gasteiger partial charge in [-0.25, -0.2) is 0 Å². The van der Waals surface area contributed by atoms with Gasteiger partial charge in [0, 0.05) is 20.8 Å². The van der Waals surface area contributed by atoms with E-state index in [4.69, 9.17) is 16.7 Å². The lowest BCUT2D eigenvalue weighted by molar-refractivity contribution is -0.201. The van der Waals surface area contributed by atoms with Crippen LogP contribution in [-0.2, 0) is 0 Å². The van der Waals surface area contributed by atoms with Gasteiger partial charge in [0.1, 0.15) is 5.56 Å². The number of aryl methyl sites for hydroxylation is 1. The minimum absolute atomic E-state index is 0.247. The van der Waals surface area contributed by atoms with Crippen molar-refractivity contribution >= 4 is 28.8 Å². The molecule has 0 unspecified atom stereocenters. The number of aliphatic hydroxyl groups excluding tert-OH is 1. The summed E-state index contributed by atoms with van der Waals surface area (Å²) in [5, 5.41) is 17.5. The molecule has 0 aliphatic carbocycles. The van der Waals surface area contributed by atoms with E-state index >= 15 is 0 Å². The van der Waals surface area contributed by atoms with Crippen molar-refractivity contribution in [1.29, 1.82) is 0 Å². The Balaban J connectivity index is 2.05. The highest BCUT2D eigenvalue weighted by molar-refractivity contribution is 7.10. The maximum absolute atomic E-state index is 12.8. The third-order valence-corrected chi connectivity index (χ3v) is 5.19. The first-order valence-corrected chi connectivity index (χ1v) is 9.81. The zero-order valence-electron chi connectivity index (χ0n) is 15.4. The van der Waals surface area contributed by atoms with Crippen molar-refractivity contribution in [3.63, 3.8) is 0 Å². The average molecular weight is 458 g/mol. The van der Waals surface area contributed by atoms with Crippen molar-refractivity contribution in [3.05, 3.63) is 67.6 Å². The molecule has 158 valence electrons. The number of thiophene rings is 1. The molecule has 11 heteroatoms. The standard InChI is InChI=1S/C19H15ClF3N3O3S/c1-10-6-13(9-30-10)26-18(29)14(17(28)24-8-16(27)19(21,22)23)7-15(25-26)11-2-4-12(20)5-3-11/h2-7,9,16,27H,8H2,1H3,(H,24,28)/t16-/m0/s1. The summed E-state index contributed by atoms with van der Waals surface area (Å²) in [6, 6.07) is 9.35. The number of carbonyl (C=O) groups is 1. The first-order valence-electron chi connectivity index (χ1n) is 8.55. The van der Waals surface area contributed by atoms with Crippen LogP contribution in [0.25, 0.3) is 16.9 Å². The molecule has 0 aliphatic heterocycles. The van der Waals surface area contributed by atoms with E-state index in [9.17, 15) is 22.8 Å². The molecule has 3 rings (SSSR count). The molecule has 0 spiro atoms. The van der Waals surface area contributed by atoms with E-state index in [0.717, 1.165) is 9.56 Å². The molecule has 0 saturated heterocycles. The summed E-state index contributed by atoms with van der Waals surface area (Å²) in [5.41, 5.74) is 0.00139. The highest BCUT2D eigenvalue weighted by atomic mass is 35.5. The van der Waals surface area contributed by atoms with Crippen LogP contribution in [-0.4, -0.2) is 39.6 Å². The lowest BCUT2D eigenvalue weighted by Crippen LogP contribution is -2.42. The molecule has 3 aromatic rings. The fourth-order valence-electron chi connectivity index (χ4n) is 2.53. The van der Waals surface area contributed by atoms with E-state index in [1.54, 1.807) is 35.7 Å². The van der Waals surface area contributed by atoms with Gasteiger partial charge in [-0.2, -0.15) is 23.0 Å². The van der Waals surface area contributed by atoms with Gasteiger partial charge in [-0.15, -0.1) is 11.3 Å². The van der Waals surface area contributed by atoms with Crippen molar-refractivity contribution in [2.45, 2.75) is 19.2 Å². The Kier molecular flexibility index (Phi) is 6.30. The molecule has 1 amide bonds. The summed E-state index contributed by atoms with van der Waals surface area (Å²) >= 11 is 7.26. The molecule has 1 aromatic carbocycles. The first-order chi connectivity index (χ1) is 14.1. The van der Waals surface area contributed by atoms with Crippen LogP contribution in [0, 0.1) is 6.92 Å². The maximum atomic E-state index is 12.8. The van der Waals surface area contributed by atoms with E-state index in [0.29, 0.717) is 16.3 Å². The number of halogens is 4. The Morgan fingerprint density at radius 3 is 2.53 bits per heavy atom. The summed E-state index contributed by atoms with van der Waals surface area (Å²) in [6.07, 6.45) is -7.64. The second-order valence-electron chi connectivity index (χ2n) is 6.35. The van der Waals surface area contributed by atoms with Crippen LogP contribution in [0.5, 0.6) is 0 Å². The van der Waals surface area contributed by atoms with Gasteiger partial charge in [-0.1, -0.05) is 23.7 Å². The number of aliphatic hydroxyl groups is 1. The number of amides is 1. The van der Waals surface area contributed by atoms with Crippen molar-refractivity contribution in [2.24, 2.45) is 0 Å². The Hall–Kier alpha value is -2.69. The van der Waals surface area contributed by atoms with Crippen molar-refractivity contribution in [2.75, 3.05) is 6.54 Å². The van der Waals surface area contributed by atoms with Crippen LogP contribution in [0.15, 0.2) is 46.6 Å². The van der Waals surface area contributed by atoms with E-state index in [2.05, 4.69) is 5.10 Å². The van der Waals surface area contributed by atoms with Gasteiger partial charge in [-0.3, -0.25) is 9.59 Å². The summed E-state index contributed by atoms with van der Waals surface area (Å²) in [6.45, 7) is 0.742. The smallest absolute Gasteiger partial charge is 0.382 e. The molecule has 0 saturated carbocycles. The minimum Gasteiger partial charge on any atom is -0.382 e. The van der Waals surface area contributed by atoms with E-state index in [1.165, 1.54) is 17.4 Å².